The second-order valence-electron chi connectivity index (χ2n) is 4.04. The molecular weight excluding hydrogens is 250 g/mol. The molecule has 0 aliphatic rings. The van der Waals surface area contributed by atoms with Gasteiger partial charge < -0.3 is 5.73 Å². The van der Waals surface area contributed by atoms with Gasteiger partial charge in [0.2, 0.25) is 0 Å². The van der Waals surface area contributed by atoms with Crippen LogP contribution in [0.1, 0.15) is 29.6 Å². The van der Waals surface area contributed by atoms with Gasteiger partial charge in [0.25, 0.3) is 0 Å². The van der Waals surface area contributed by atoms with Crippen molar-refractivity contribution < 1.29 is 0 Å². The molecule has 0 fully saturated rings. The number of nitrogens with two attached hydrogens (primary N) is 1. The Morgan fingerprint density at radius 1 is 1.29 bits per heavy atom. The third-order valence-corrected chi connectivity index (χ3v) is 4.94. The number of fused-ring (bicyclic) bond motifs is 1. The van der Waals surface area contributed by atoms with E-state index in [9.17, 15) is 0 Å². The van der Waals surface area contributed by atoms with Gasteiger partial charge >= 0.3 is 0 Å². The number of rotatable bonds is 4. The predicted octanol–water partition coefficient (Wildman–Crippen LogP) is 3.53. The Morgan fingerprint density at radius 3 is 2.76 bits per heavy atom. The number of hydrogen-bond acceptors (Lipinski definition) is 5. The number of hydrogen-bond donors (Lipinski definition) is 1. The first-order valence-electron chi connectivity index (χ1n) is 5.73. The Morgan fingerprint density at radius 2 is 2.06 bits per heavy atom. The lowest BCUT2D eigenvalue weighted by Crippen LogP contribution is -1.99. The van der Waals surface area contributed by atoms with Crippen LogP contribution in [0.25, 0.3) is 10.2 Å². The molecule has 3 nitrogen and oxygen atoms in total. The summed E-state index contributed by atoms with van der Waals surface area (Å²) in [6.07, 6.45) is 1.18. The van der Waals surface area contributed by atoms with E-state index in [0.29, 0.717) is 5.82 Å². The van der Waals surface area contributed by atoms with Crippen molar-refractivity contribution in [2.75, 3.05) is 11.5 Å². The summed E-state index contributed by atoms with van der Waals surface area (Å²) in [6.45, 7) is 6.36. The van der Waals surface area contributed by atoms with Crippen LogP contribution in [0, 0.1) is 13.8 Å². The van der Waals surface area contributed by atoms with Crippen molar-refractivity contribution in [3.63, 3.8) is 0 Å². The van der Waals surface area contributed by atoms with Gasteiger partial charge in [-0.3, -0.25) is 0 Å². The number of aryl methyl sites for hydroxylation is 2. The molecule has 0 aliphatic heterocycles. The molecule has 0 radical (unpaired) electrons. The summed E-state index contributed by atoms with van der Waals surface area (Å²) in [7, 11) is 0. The average Bonchev–Trinajstić information content (AvgIpc) is 2.55. The lowest BCUT2D eigenvalue weighted by Gasteiger charge is -2.02. The first-order chi connectivity index (χ1) is 8.13. The highest BCUT2D eigenvalue weighted by Gasteiger charge is 2.12. The zero-order valence-electron chi connectivity index (χ0n) is 10.4. The van der Waals surface area contributed by atoms with Crippen molar-refractivity contribution in [1.82, 2.24) is 9.97 Å². The molecule has 5 heteroatoms. The van der Waals surface area contributed by atoms with Gasteiger partial charge in [0.05, 0.1) is 11.1 Å². The van der Waals surface area contributed by atoms with E-state index in [1.807, 2.05) is 11.8 Å². The maximum absolute atomic E-state index is 6.02. The highest BCUT2D eigenvalue weighted by Crippen LogP contribution is 2.32. The smallest absolute Gasteiger partial charge is 0.142 e. The minimum atomic E-state index is 0.629. The summed E-state index contributed by atoms with van der Waals surface area (Å²) in [5.74, 6) is 3.48. The summed E-state index contributed by atoms with van der Waals surface area (Å²) in [4.78, 5) is 11.3. The van der Waals surface area contributed by atoms with E-state index in [2.05, 4.69) is 30.7 Å². The van der Waals surface area contributed by atoms with Crippen molar-refractivity contribution in [2.24, 2.45) is 0 Å². The molecule has 0 aliphatic carbocycles. The fourth-order valence-corrected chi connectivity index (χ4v) is 3.50. The second-order valence-corrected chi connectivity index (χ2v) is 6.35. The van der Waals surface area contributed by atoms with Gasteiger partial charge in [0.15, 0.2) is 0 Å². The molecule has 0 spiro atoms. The molecule has 0 saturated heterocycles. The van der Waals surface area contributed by atoms with Gasteiger partial charge in [0.1, 0.15) is 16.5 Å². The maximum atomic E-state index is 6.02. The van der Waals surface area contributed by atoms with Crippen LogP contribution in [0.2, 0.25) is 0 Å². The molecule has 92 valence electrons. The fourth-order valence-electron chi connectivity index (χ4n) is 1.70. The van der Waals surface area contributed by atoms with Gasteiger partial charge in [-0.05, 0) is 31.6 Å². The Balaban J connectivity index is 2.35. The summed E-state index contributed by atoms with van der Waals surface area (Å²) in [6, 6.07) is 0. The molecular formula is C12H17N3S2. The van der Waals surface area contributed by atoms with Crippen LogP contribution in [0.5, 0.6) is 0 Å². The third kappa shape index (κ3) is 2.55. The molecule has 2 N–H and O–H groups in total. The monoisotopic (exact) mass is 267 g/mol. The molecule has 0 bridgehead atoms. The van der Waals surface area contributed by atoms with Crippen LogP contribution in [-0.4, -0.2) is 15.7 Å². The quantitative estimate of drug-likeness (QED) is 0.861. The molecule has 0 saturated carbocycles. The lowest BCUT2D eigenvalue weighted by atomic mass is 10.2. The lowest BCUT2D eigenvalue weighted by molar-refractivity contribution is 1.06. The van der Waals surface area contributed by atoms with Crippen molar-refractivity contribution in [3.05, 3.63) is 16.3 Å². The van der Waals surface area contributed by atoms with E-state index in [4.69, 9.17) is 5.73 Å². The number of anilines is 1. The molecule has 0 atom stereocenters. The molecule has 2 rings (SSSR count). The normalized spacial score (nSPS) is 11.2. The number of thiophene rings is 1. The molecule has 2 aromatic heterocycles. The first-order valence-corrected chi connectivity index (χ1v) is 7.70. The van der Waals surface area contributed by atoms with E-state index >= 15 is 0 Å². The zero-order chi connectivity index (χ0) is 12.4. The summed E-state index contributed by atoms with van der Waals surface area (Å²) in [5, 5.41) is 1.04. The SMILES string of the molecule is CCCSCc1nc(N)c2c(C)c(C)sc2n1. The van der Waals surface area contributed by atoms with E-state index in [1.165, 1.54) is 16.9 Å². The molecule has 2 aromatic rings. The molecule has 0 unspecified atom stereocenters. The molecule has 0 aromatic carbocycles. The minimum absolute atomic E-state index is 0.629. The van der Waals surface area contributed by atoms with Crippen LogP contribution >= 0.6 is 23.1 Å². The van der Waals surface area contributed by atoms with E-state index in [-0.39, 0.29) is 0 Å². The van der Waals surface area contributed by atoms with Crippen LogP contribution in [0.3, 0.4) is 0 Å². The summed E-state index contributed by atoms with van der Waals surface area (Å²) >= 11 is 3.56. The van der Waals surface area contributed by atoms with Crippen molar-refractivity contribution in [3.8, 4) is 0 Å². The topological polar surface area (TPSA) is 51.8 Å². The van der Waals surface area contributed by atoms with E-state index in [0.717, 1.165) is 27.5 Å². The molecule has 17 heavy (non-hydrogen) atoms. The van der Waals surface area contributed by atoms with Crippen LogP contribution in [-0.2, 0) is 5.75 Å². The molecule has 0 amide bonds. The Hall–Kier alpha value is -0.810. The van der Waals surface area contributed by atoms with Crippen LogP contribution < -0.4 is 5.73 Å². The largest absolute Gasteiger partial charge is 0.383 e. The highest BCUT2D eigenvalue weighted by atomic mass is 32.2. The Bertz CT molecular complexity index is 534. The van der Waals surface area contributed by atoms with Gasteiger partial charge in [-0.1, -0.05) is 6.92 Å². The number of thioether (sulfide) groups is 1. The van der Waals surface area contributed by atoms with Crippen molar-refractivity contribution in [1.29, 1.82) is 0 Å². The summed E-state index contributed by atoms with van der Waals surface area (Å²) in [5.41, 5.74) is 7.24. The van der Waals surface area contributed by atoms with Crippen LogP contribution in [0.4, 0.5) is 5.82 Å². The first kappa shape index (κ1) is 12.6. The maximum Gasteiger partial charge on any atom is 0.142 e. The number of nitrogens with zero attached hydrogens (tertiary/aromatic N) is 2. The molecule has 2 heterocycles. The number of aromatic nitrogens is 2. The minimum Gasteiger partial charge on any atom is -0.383 e. The van der Waals surface area contributed by atoms with Crippen molar-refractivity contribution >= 4 is 39.1 Å². The van der Waals surface area contributed by atoms with Gasteiger partial charge in [-0.2, -0.15) is 11.8 Å². The summed E-state index contributed by atoms with van der Waals surface area (Å²) < 4.78 is 0. The Labute approximate surface area is 110 Å². The van der Waals surface area contributed by atoms with Gasteiger partial charge in [-0.25, -0.2) is 9.97 Å². The van der Waals surface area contributed by atoms with E-state index in [1.54, 1.807) is 11.3 Å². The predicted molar refractivity (Wildman–Crippen MR) is 77.8 cm³/mol. The number of nitrogen functional groups attached to an aromatic ring is 1. The second kappa shape index (κ2) is 5.23. The zero-order valence-corrected chi connectivity index (χ0v) is 12.0. The van der Waals surface area contributed by atoms with E-state index < -0.39 is 0 Å². The van der Waals surface area contributed by atoms with Crippen molar-refractivity contribution in [2.45, 2.75) is 32.9 Å². The van der Waals surface area contributed by atoms with Gasteiger partial charge in [0, 0.05) is 4.88 Å². The average molecular weight is 267 g/mol. The Kier molecular flexibility index (Phi) is 3.89. The third-order valence-electron chi connectivity index (χ3n) is 2.68. The fraction of sp³-hybridized carbons (Fsp3) is 0.500. The standard InChI is InChI=1S/C12H17N3S2/c1-4-5-16-6-9-14-11(13)10-7(2)8(3)17-12(10)15-9/h4-6H2,1-3H3,(H2,13,14,15). The highest BCUT2D eigenvalue weighted by molar-refractivity contribution is 7.98. The van der Waals surface area contributed by atoms with Gasteiger partial charge in [-0.15, -0.1) is 11.3 Å². The van der Waals surface area contributed by atoms with Crippen LogP contribution in [0.15, 0.2) is 0 Å².